The van der Waals surface area contributed by atoms with E-state index in [1.165, 1.54) is 18.3 Å². The summed E-state index contributed by atoms with van der Waals surface area (Å²) in [4.78, 5) is 15.7. The van der Waals surface area contributed by atoms with Crippen LogP contribution in [0.3, 0.4) is 0 Å². The molecular weight excluding hydrogens is 304 g/mol. The number of fused-ring (bicyclic) bond motifs is 1. The van der Waals surface area contributed by atoms with E-state index in [0.717, 1.165) is 11.5 Å². The van der Waals surface area contributed by atoms with E-state index in [2.05, 4.69) is 10.3 Å². The SMILES string of the molecule is O=C(NCO)c1cc2ccn(Cc3ccc(F)cc3F)c2cn1. The highest BCUT2D eigenvalue weighted by molar-refractivity contribution is 5.95. The van der Waals surface area contributed by atoms with E-state index in [1.807, 2.05) is 0 Å². The molecule has 2 heterocycles. The van der Waals surface area contributed by atoms with Crippen molar-refractivity contribution in [2.45, 2.75) is 6.54 Å². The van der Waals surface area contributed by atoms with Crippen molar-refractivity contribution in [3.05, 3.63) is 65.6 Å². The van der Waals surface area contributed by atoms with Crippen LogP contribution in [0.25, 0.3) is 10.9 Å². The van der Waals surface area contributed by atoms with E-state index in [0.29, 0.717) is 11.1 Å². The van der Waals surface area contributed by atoms with Gasteiger partial charge in [0.15, 0.2) is 0 Å². The Morgan fingerprint density at radius 1 is 1.26 bits per heavy atom. The van der Waals surface area contributed by atoms with Crippen molar-refractivity contribution in [3.8, 4) is 0 Å². The van der Waals surface area contributed by atoms with Gasteiger partial charge in [0.25, 0.3) is 5.91 Å². The number of aliphatic hydroxyl groups excluding tert-OH is 1. The fraction of sp³-hybridized carbons (Fsp3) is 0.125. The van der Waals surface area contributed by atoms with Gasteiger partial charge in [-0.1, -0.05) is 6.07 Å². The molecule has 2 N–H and O–H groups in total. The van der Waals surface area contributed by atoms with Crippen LogP contribution in [0.5, 0.6) is 0 Å². The molecule has 0 fully saturated rings. The van der Waals surface area contributed by atoms with Crippen LogP contribution in [0.1, 0.15) is 16.1 Å². The maximum atomic E-state index is 13.8. The summed E-state index contributed by atoms with van der Waals surface area (Å²) in [5.74, 6) is -1.71. The van der Waals surface area contributed by atoms with Crippen LogP contribution in [-0.4, -0.2) is 27.3 Å². The molecule has 0 unspecified atom stereocenters. The number of amides is 1. The maximum Gasteiger partial charge on any atom is 0.271 e. The highest BCUT2D eigenvalue weighted by Crippen LogP contribution is 2.19. The summed E-state index contributed by atoms with van der Waals surface area (Å²) in [5.41, 5.74) is 1.25. The van der Waals surface area contributed by atoms with Crippen molar-refractivity contribution < 1.29 is 18.7 Å². The lowest BCUT2D eigenvalue weighted by atomic mass is 10.2. The van der Waals surface area contributed by atoms with Crippen LogP contribution in [0.15, 0.2) is 42.7 Å². The zero-order valence-electron chi connectivity index (χ0n) is 12.0. The molecule has 1 amide bonds. The number of nitrogens with zero attached hydrogens (tertiary/aromatic N) is 2. The second kappa shape index (κ2) is 6.13. The van der Waals surface area contributed by atoms with Gasteiger partial charge in [0.05, 0.1) is 18.3 Å². The summed E-state index contributed by atoms with van der Waals surface area (Å²) in [5, 5.41) is 11.7. The van der Waals surface area contributed by atoms with E-state index in [-0.39, 0.29) is 12.2 Å². The molecule has 0 saturated carbocycles. The fourth-order valence-corrected chi connectivity index (χ4v) is 2.35. The Hall–Kier alpha value is -2.80. The first-order valence-corrected chi connectivity index (χ1v) is 6.86. The van der Waals surface area contributed by atoms with Crippen LogP contribution < -0.4 is 5.32 Å². The predicted molar refractivity (Wildman–Crippen MR) is 79.7 cm³/mol. The molecule has 0 radical (unpaired) electrons. The van der Waals surface area contributed by atoms with Crippen molar-refractivity contribution in [1.29, 1.82) is 0 Å². The molecule has 2 aromatic heterocycles. The summed E-state index contributed by atoms with van der Waals surface area (Å²) >= 11 is 0. The highest BCUT2D eigenvalue weighted by atomic mass is 19.1. The van der Waals surface area contributed by atoms with Gasteiger partial charge in [0.1, 0.15) is 24.1 Å². The Balaban J connectivity index is 1.92. The quantitative estimate of drug-likeness (QED) is 0.724. The number of rotatable bonds is 4. The van der Waals surface area contributed by atoms with Gasteiger partial charge >= 0.3 is 0 Å². The molecule has 7 heteroatoms. The van der Waals surface area contributed by atoms with Gasteiger partial charge < -0.3 is 15.0 Å². The van der Waals surface area contributed by atoms with E-state index < -0.39 is 24.3 Å². The van der Waals surface area contributed by atoms with E-state index in [9.17, 15) is 13.6 Å². The molecular formula is C16H13F2N3O2. The average Bonchev–Trinajstić information content (AvgIpc) is 2.92. The number of carbonyl (C=O) groups excluding carboxylic acids is 1. The smallest absolute Gasteiger partial charge is 0.271 e. The molecule has 0 saturated heterocycles. The number of benzene rings is 1. The number of halogens is 2. The van der Waals surface area contributed by atoms with E-state index in [4.69, 9.17) is 5.11 Å². The van der Waals surface area contributed by atoms with Crippen LogP contribution >= 0.6 is 0 Å². The lowest BCUT2D eigenvalue weighted by molar-refractivity contribution is 0.0905. The van der Waals surface area contributed by atoms with Crippen molar-refractivity contribution in [1.82, 2.24) is 14.9 Å². The van der Waals surface area contributed by atoms with E-state index in [1.54, 1.807) is 22.9 Å². The fourth-order valence-electron chi connectivity index (χ4n) is 2.35. The number of aromatic nitrogens is 2. The van der Waals surface area contributed by atoms with Gasteiger partial charge in [-0.05, 0) is 18.2 Å². The van der Waals surface area contributed by atoms with Gasteiger partial charge in [-0.25, -0.2) is 13.8 Å². The molecule has 23 heavy (non-hydrogen) atoms. The van der Waals surface area contributed by atoms with Crippen LogP contribution in [0.4, 0.5) is 8.78 Å². The molecule has 118 valence electrons. The minimum atomic E-state index is -0.621. The lowest BCUT2D eigenvalue weighted by Crippen LogP contribution is -2.24. The summed E-state index contributed by atoms with van der Waals surface area (Å²) in [6.07, 6.45) is 3.24. The largest absolute Gasteiger partial charge is 0.376 e. The van der Waals surface area contributed by atoms with Gasteiger partial charge in [0.2, 0.25) is 0 Å². The molecule has 3 rings (SSSR count). The highest BCUT2D eigenvalue weighted by Gasteiger charge is 2.11. The molecule has 0 bridgehead atoms. The number of aliphatic hydroxyl groups is 1. The second-order valence-electron chi connectivity index (χ2n) is 4.97. The zero-order chi connectivity index (χ0) is 16.4. The number of hydrogen-bond donors (Lipinski definition) is 2. The minimum absolute atomic E-state index is 0.178. The zero-order valence-corrected chi connectivity index (χ0v) is 12.0. The standard InChI is InChI=1S/C16H13F2N3O2/c17-12-2-1-11(13(18)6-12)8-21-4-3-10-5-14(16(23)20-9-22)19-7-15(10)21/h1-7,22H,8-9H2,(H,20,23). The third-order valence-electron chi connectivity index (χ3n) is 3.49. The third-order valence-corrected chi connectivity index (χ3v) is 3.49. The number of nitrogens with one attached hydrogen (secondary N) is 1. The van der Waals surface area contributed by atoms with Gasteiger partial charge in [-0.15, -0.1) is 0 Å². The molecule has 0 aliphatic heterocycles. The molecule has 1 aromatic carbocycles. The molecule has 3 aromatic rings. The molecule has 0 aliphatic carbocycles. The van der Waals surface area contributed by atoms with Crippen molar-refractivity contribution in [2.24, 2.45) is 0 Å². The summed E-state index contributed by atoms with van der Waals surface area (Å²) in [6, 6.07) is 6.80. The van der Waals surface area contributed by atoms with Crippen molar-refractivity contribution in [2.75, 3.05) is 6.73 Å². The summed E-state index contributed by atoms with van der Waals surface area (Å²) in [7, 11) is 0. The van der Waals surface area contributed by atoms with Crippen molar-refractivity contribution in [3.63, 3.8) is 0 Å². The first-order chi connectivity index (χ1) is 11.1. The predicted octanol–water partition coefficient (Wildman–Crippen LogP) is 2.04. The Kier molecular flexibility index (Phi) is 4.03. The Labute approximate surface area is 130 Å². The second-order valence-corrected chi connectivity index (χ2v) is 4.97. The normalized spacial score (nSPS) is 10.9. The molecule has 0 atom stereocenters. The van der Waals surface area contributed by atoms with Gasteiger partial charge in [-0.3, -0.25) is 4.79 Å². The third kappa shape index (κ3) is 3.04. The lowest BCUT2D eigenvalue weighted by Gasteiger charge is -2.07. The summed E-state index contributed by atoms with van der Waals surface area (Å²) in [6.45, 7) is -0.247. The Morgan fingerprint density at radius 2 is 2.09 bits per heavy atom. The summed E-state index contributed by atoms with van der Waals surface area (Å²) < 4.78 is 28.5. The van der Waals surface area contributed by atoms with E-state index >= 15 is 0 Å². The van der Waals surface area contributed by atoms with Gasteiger partial charge in [0, 0.05) is 23.2 Å². The first-order valence-electron chi connectivity index (χ1n) is 6.86. The van der Waals surface area contributed by atoms with Crippen LogP contribution in [-0.2, 0) is 6.54 Å². The maximum absolute atomic E-state index is 13.8. The molecule has 0 aliphatic rings. The van der Waals surface area contributed by atoms with Crippen LogP contribution in [0.2, 0.25) is 0 Å². The average molecular weight is 317 g/mol. The number of hydrogen-bond acceptors (Lipinski definition) is 3. The topological polar surface area (TPSA) is 67.2 Å². The van der Waals surface area contributed by atoms with Crippen LogP contribution in [0, 0.1) is 11.6 Å². The minimum Gasteiger partial charge on any atom is -0.376 e. The van der Waals surface area contributed by atoms with Crippen molar-refractivity contribution >= 4 is 16.8 Å². The van der Waals surface area contributed by atoms with Gasteiger partial charge in [-0.2, -0.15) is 0 Å². The first kappa shape index (κ1) is 15.1. The Morgan fingerprint density at radius 3 is 2.83 bits per heavy atom. The molecule has 5 nitrogen and oxygen atoms in total. The monoisotopic (exact) mass is 317 g/mol. The number of carbonyl (C=O) groups is 1. The Bertz CT molecular complexity index is 877. The molecule has 0 spiro atoms. The number of pyridine rings is 1.